The standard InChI is InChI=1S/C15H17N3O2.C2HF3O2/c1-10-16-9-13(18-10)7-14(19)17-8-12-4-2-3-11-5-6-20-15(11)12;3-2(4,5)1(6)7/h2-4,9H,5-8H2,1H3,(H,16,18)(H,17,19);(H,6,7). The molecule has 10 heteroatoms. The van der Waals surface area contributed by atoms with Gasteiger partial charge in [0.05, 0.1) is 13.0 Å². The number of ether oxygens (including phenoxy) is 1. The number of carboxylic acids is 1. The topological polar surface area (TPSA) is 104 Å². The van der Waals surface area contributed by atoms with Gasteiger partial charge in [0.25, 0.3) is 0 Å². The second-order valence-corrected chi connectivity index (χ2v) is 5.75. The largest absolute Gasteiger partial charge is 0.493 e. The number of nitrogens with one attached hydrogen (secondary N) is 2. The summed E-state index contributed by atoms with van der Waals surface area (Å²) in [7, 11) is 0. The SMILES string of the molecule is Cc1ncc(CC(=O)NCc2cccc3c2OCC3)[nH]1.O=C(O)C(F)(F)F. The van der Waals surface area contributed by atoms with Gasteiger partial charge >= 0.3 is 12.1 Å². The zero-order chi connectivity index (χ0) is 20.0. The van der Waals surface area contributed by atoms with Crippen LogP contribution in [0.5, 0.6) is 5.75 Å². The third kappa shape index (κ3) is 6.01. The van der Waals surface area contributed by atoms with Gasteiger partial charge in [-0.2, -0.15) is 13.2 Å². The maximum absolute atomic E-state index is 11.9. The van der Waals surface area contributed by atoms with Crippen molar-refractivity contribution in [1.82, 2.24) is 15.3 Å². The normalized spacial score (nSPS) is 12.4. The second kappa shape index (κ2) is 8.56. The molecule has 0 saturated heterocycles. The molecule has 0 radical (unpaired) electrons. The maximum Gasteiger partial charge on any atom is 0.490 e. The Morgan fingerprint density at radius 3 is 2.67 bits per heavy atom. The molecule has 7 nitrogen and oxygen atoms in total. The lowest BCUT2D eigenvalue weighted by molar-refractivity contribution is -0.192. The van der Waals surface area contributed by atoms with E-state index in [4.69, 9.17) is 14.6 Å². The molecule has 2 aromatic rings. The molecule has 0 saturated carbocycles. The summed E-state index contributed by atoms with van der Waals surface area (Å²) in [5, 5.41) is 10.0. The quantitative estimate of drug-likeness (QED) is 0.748. The van der Waals surface area contributed by atoms with Crippen molar-refractivity contribution in [3.8, 4) is 5.75 Å². The molecule has 0 spiro atoms. The van der Waals surface area contributed by atoms with Gasteiger partial charge in [0.15, 0.2) is 0 Å². The number of alkyl halides is 3. The lowest BCUT2D eigenvalue weighted by Crippen LogP contribution is -2.24. The summed E-state index contributed by atoms with van der Waals surface area (Å²) in [6, 6.07) is 6.07. The van der Waals surface area contributed by atoms with Crippen molar-refractivity contribution < 1.29 is 32.6 Å². The zero-order valence-corrected chi connectivity index (χ0v) is 14.4. The van der Waals surface area contributed by atoms with Crippen LogP contribution in [0.3, 0.4) is 0 Å². The van der Waals surface area contributed by atoms with Crippen LogP contribution in [0.25, 0.3) is 0 Å². The third-order valence-corrected chi connectivity index (χ3v) is 3.62. The number of para-hydroxylation sites is 1. The van der Waals surface area contributed by atoms with Crippen LogP contribution in [0.4, 0.5) is 13.2 Å². The van der Waals surface area contributed by atoms with E-state index in [2.05, 4.69) is 21.4 Å². The van der Waals surface area contributed by atoms with Crippen LogP contribution in [0, 0.1) is 6.92 Å². The van der Waals surface area contributed by atoms with Crippen LogP contribution in [-0.4, -0.2) is 39.7 Å². The minimum atomic E-state index is -5.08. The first-order valence-corrected chi connectivity index (χ1v) is 7.97. The molecular weight excluding hydrogens is 367 g/mol. The fraction of sp³-hybridized carbons (Fsp3) is 0.353. The molecule has 146 valence electrons. The van der Waals surface area contributed by atoms with E-state index in [1.54, 1.807) is 6.20 Å². The van der Waals surface area contributed by atoms with E-state index in [0.29, 0.717) is 13.0 Å². The number of carbonyl (C=O) groups excluding carboxylic acids is 1. The molecule has 1 aliphatic heterocycles. The number of aromatic amines is 1. The number of imidazole rings is 1. The average molecular weight is 385 g/mol. The number of carbonyl (C=O) groups is 2. The summed E-state index contributed by atoms with van der Waals surface area (Å²) in [6.45, 7) is 3.09. The van der Waals surface area contributed by atoms with Gasteiger partial charge in [-0.1, -0.05) is 18.2 Å². The van der Waals surface area contributed by atoms with E-state index in [-0.39, 0.29) is 5.91 Å². The zero-order valence-electron chi connectivity index (χ0n) is 14.4. The van der Waals surface area contributed by atoms with Crippen molar-refractivity contribution in [3.05, 3.63) is 47.0 Å². The van der Waals surface area contributed by atoms with Gasteiger partial charge in [-0.3, -0.25) is 4.79 Å². The van der Waals surface area contributed by atoms with Gasteiger partial charge in [-0.25, -0.2) is 9.78 Å². The Bertz CT molecular complexity index is 818. The number of carboxylic acid groups (broad SMARTS) is 1. The van der Waals surface area contributed by atoms with Crippen LogP contribution in [-0.2, 0) is 29.0 Å². The highest BCUT2D eigenvalue weighted by Gasteiger charge is 2.38. The number of nitrogens with zero attached hydrogens (tertiary/aromatic N) is 1. The smallest absolute Gasteiger partial charge is 0.490 e. The number of H-pyrrole nitrogens is 1. The highest BCUT2D eigenvalue weighted by molar-refractivity contribution is 5.78. The number of fused-ring (bicyclic) bond motifs is 1. The number of halogens is 3. The number of aromatic nitrogens is 2. The van der Waals surface area contributed by atoms with Gasteiger partial charge in [-0.15, -0.1) is 0 Å². The molecule has 3 rings (SSSR count). The molecule has 1 amide bonds. The molecule has 0 atom stereocenters. The predicted octanol–water partition coefficient (Wildman–Crippen LogP) is 2.15. The van der Waals surface area contributed by atoms with Gasteiger partial charge in [-0.05, 0) is 12.5 Å². The summed E-state index contributed by atoms with van der Waals surface area (Å²) < 4.78 is 37.4. The van der Waals surface area contributed by atoms with Gasteiger partial charge < -0.3 is 20.1 Å². The first-order chi connectivity index (χ1) is 12.7. The minimum Gasteiger partial charge on any atom is -0.493 e. The Morgan fingerprint density at radius 1 is 1.37 bits per heavy atom. The highest BCUT2D eigenvalue weighted by atomic mass is 19.4. The number of aliphatic carboxylic acids is 1. The molecule has 0 aliphatic carbocycles. The fourth-order valence-corrected chi connectivity index (χ4v) is 2.41. The summed E-state index contributed by atoms with van der Waals surface area (Å²) in [5.74, 6) is -1.02. The molecule has 0 fully saturated rings. The Hall–Kier alpha value is -3.04. The number of hydrogen-bond donors (Lipinski definition) is 3. The first-order valence-electron chi connectivity index (χ1n) is 7.97. The minimum absolute atomic E-state index is 0.0238. The van der Waals surface area contributed by atoms with Crippen LogP contribution >= 0.6 is 0 Å². The molecular formula is C17H18F3N3O4. The van der Waals surface area contributed by atoms with E-state index in [9.17, 15) is 18.0 Å². The molecule has 1 aromatic carbocycles. The molecule has 3 N–H and O–H groups in total. The van der Waals surface area contributed by atoms with Crippen molar-refractivity contribution in [2.45, 2.75) is 32.5 Å². The van der Waals surface area contributed by atoms with Crippen LogP contribution in [0.15, 0.2) is 24.4 Å². The monoisotopic (exact) mass is 385 g/mol. The predicted molar refractivity (Wildman–Crippen MR) is 88.2 cm³/mol. The number of benzene rings is 1. The Balaban J connectivity index is 0.000000321. The van der Waals surface area contributed by atoms with Gasteiger partial charge in [0.1, 0.15) is 11.6 Å². The number of aryl methyl sites for hydroxylation is 1. The Kier molecular flexibility index (Phi) is 6.43. The fourth-order valence-electron chi connectivity index (χ4n) is 2.41. The van der Waals surface area contributed by atoms with Gasteiger partial charge in [0.2, 0.25) is 5.91 Å². The van der Waals surface area contributed by atoms with Crippen molar-refractivity contribution in [3.63, 3.8) is 0 Å². The molecule has 0 unspecified atom stereocenters. The Labute approximate surface area is 152 Å². The van der Waals surface area contributed by atoms with E-state index in [1.807, 2.05) is 19.1 Å². The molecule has 27 heavy (non-hydrogen) atoms. The number of amides is 1. The second-order valence-electron chi connectivity index (χ2n) is 5.75. The highest BCUT2D eigenvalue weighted by Crippen LogP contribution is 2.29. The van der Waals surface area contributed by atoms with Crippen molar-refractivity contribution >= 4 is 11.9 Å². The molecule has 1 aliphatic rings. The number of hydrogen-bond acceptors (Lipinski definition) is 4. The lowest BCUT2D eigenvalue weighted by atomic mass is 10.1. The van der Waals surface area contributed by atoms with E-state index >= 15 is 0 Å². The summed E-state index contributed by atoms with van der Waals surface area (Å²) in [6.07, 6.45) is -2.13. The van der Waals surface area contributed by atoms with Crippen LogP contribution < -0.4 is 10.1 Å². The van der Waals surface area contributed by atoms with E-state index in [0.717, 1.165) is 35.9 Å². The number of rotatable bonds is 4. The summed E-state index contributed by atoms with van der Waals surface area (Å²) >= 11 is 0. The van der Waals surface area contributed by atoms with E-state index in [1.165, 1.54) is 5.56 Å². The van der Waals surface area contributed by atoms with E-state index < -0.39 is 12.1 Å². The summed E-state index contributed by atoms with van der Waals surface area (Å²) in [5.41, 5.74) is 3.09. The maximum atomic E-state index is 11.9. The van der Waals surface area contributed by atoms with Crippen molar-refractivity contribution in [2.24, 2.45) is 0 Å². The lowest BCUT2D eigenvalue weighted by Gasteiger charge is -2.09. The first kappa shape index (κ1) is 20.3. The molecule has 2 heterocycles. The molecule has 0 bridgehead atoms. The third-order valence-electron chi connectivity index (χ3n) is 3.62. The average Bonchev–Trinajstić information content (AvgIpc) is 3.21. The molecule has 1 aromatic heterocycles. The van der Waals surface area contributed by atoms with Crippen LogP contribution in [0.2, 0.25) is 0 Å². The Morgan fingerprint density at radius 2 is 2.07 bits per heavy atom. The van der Waals surface area contributed by atoms with Crippen LogP contribution in [0.1, 0.15) is 22.6 Å². The van der Waals surface area contributed by atoms with Gasteiger partial charge in [0, 0.05) is 30.4 Å². The van der Waals surface area contributed by atoms with Crippen molar-refractivity contribution in [2.75, 3.05) is 6.61 Å². The summed E-state index contributed by atoms with van der Waals surface area (Å²) in [4.78, 5) is 27.9. The van der Waals surface area contributed by atoms with Crippen molar-refractivity contribution in [1.29, 1.82) is 0 Å².